The summed E-state index contributed by atoms with van der Waals surface area (Å²) in [6.45, 7) is 4.15. The monoisotopic (exact) mass is 327 g/mol. The van der Waals surface area contributed by atoms with Gasteiger partial charge in [0.2, 0.25) is 11.8 Å². The van der Waals surface area contributed by atoms with Crippen LogP contribution in [0.15, 0.2) is 48.8 Å². The van der Waals surface area contributed by atoms with E-state index in [1.807, 2.05) is 26.0 Å². The van der Waals surface area contributed by atoms with Crippen LogP contribution in [-0.2, 0) is 16.1 Å². The molecule has 1 heterocycles. The van der Waals surface area contributed by atoms with Crippen LogP contribution >= 0.6 is 0 Å². The van der Waals surface area contributed by atoms with Crippen LogP contribution in [0.2, 0.25) is 0 Å². The van der Waals surface area contributed by atoms with Crippen molar-refractivity contribution in [1.29, 1.82) is 0 Å². The number of nitrogens with zero attached hydrogens (tertiary/aromatic N) is 1. The van der Waals surface area contributed by atoms with Crippen molar-refractivity contribution in [3.63, 3.8) is 0 Å². The molecule has 0 spiro atoms. The zero-order chi connectivity index (χ0) is 17.4. The summed E-state index contributed by atoms with van der Waals surface area (Å²) in [7, 11) is 0. The van der Waals surface area contributed by atoms with Crippen LogP contribution in [-0.4, -0.2) is 22.9 Å². The highest BCUT2D eigenvalue weighted by Gasteiger charge is 2.12. The molecule has 1 aromatic carbocycles. The second kappa shape index (κ2) is 8.67. The van der Waals surface area contributed by atoms with E-state index in [1.54, 1.807) is 36.7 Å². The fourth-order valence-electron chi connectivity index (χ4n) is 2.03. The molecular formula is C18H21N3O3. The molecule has 2 rings (SSSR count). The summed E-state index contributed by atoms with van der Waals surface area (Å²) in [5.41, 5.74) is 1.43. The van der Waals surface area contributed by atoms with Gasteiger partial charge >= 0.3 is 0 Å². The van der Waals surface area contributed by atoms with E-state index in [-0.39, 0.29) is 18.4 Å². The summed E-state index contributed by atoms with van der Waals surface area (Å²) in [4.78, 5) is 27.9. The molecule has 0 unspecified atom stereocenters. The lowest BCUT2D eigenvalue weighted by Crippen LogP contribution is -2.28. The zero-order valence-corrected chi connectivity index (χ0v) is 13.8. The Hall–Kier alpha value is -2.89. The van der Waals surface area contributed by atoms with Crippen LogP contribution in [0.4, 0.5) is 5.69 Å². The first-order chi connectivity index (χ1) is 11.5. The van der Waals surface area contributed by atoms with Crippen LogP contribution in [0.3, 0.4) is 0 Å². The maximum Gasteiger partial charge on any atom is 0.233 e. The van der Waals surface area contributed by atoms with E-state index in [4.69, 9.17) is 4.74 Å². The Kier molecular flexibility index (Phi) is 6.31. The Balaban J connectivity index is 1.85. The Morgan fingerprint density at radius 2 is 1.92 bits per heavy atom. The minimum Gasteiger partial charge on any atom is -0.489 e. The number of ether oxygens (including phenoxy) is 1. The van der Waals surface area contributed by atoms with Gasteiger partial charge in [0.25, 0.3) is 0 Å². The van der Waals surface area contributed by atoms with Crippen molar-refractivity contribution in [2.24, 2.45) is 0 Å². The number of carbonyl (C=O) groups excluding carboxylic acids is 2. The largest absolute Gasteiger partial charge is 0.489 e. The predicted octanol–water partition coefficient (Wildman–Crippen LogP) is 2.51. The number of aromatic nitrogens is 1. The van der Waals surface area contributed by atoms with E-state index < -0.39 is 5.91 Å². The molecule has 2 N–H and O–H groups in total. The summed E-state index contributed by atoms with van der Waals surface area (Å²) in [5, 5.41) is 5.40. The highest BCUT2D eigenvalue weighted by molar-refractivity contribution is 6.04. The van der Waals surface area contributed by atoms with Crippen molar-refractivity contribution in [3.8, 4) is 5.75 Å². The Bertz CT molecular complexity index is 687. The van der Waals surface area contributed by atoms with Gasteiger partial charge in [-0.05, 0) is 37.6 Å². The van der Waals surface area contributed by atoms with Gasteiger partial charge in [0.1, 0.15) is 12.2 Å². The topological polar surface area (TPSA) is 80.3 Å². The normalized spacial score (nSPS) is 10.3. The number of benzene rings is 1. The molecule has 0 bridgehead atoms. The number of hydrogen-bond donors (Lipinski definition) is 2. The molecule has 0 aliphatic heterocycles. The third kappa shape index (κ3) is 5.72. The van der Waals surface area contributed by atoms with Crippen molar-refractivity contribution >= 4 is 17.5 Å². The molecule has 126 valence electrons. The smallest absolute Gasteiger partial charge is 0.233 e. The van der Waals surface area contributed by atoms with Crippen molar-refractivity contribution < 1.29 is 14.3 Å². The second-order valence-corrected chi connectivity index (χ2v) is 5.53. The van der Waals surface area contributed by atoms with E-state index in [9.17, 15) is 9.59 Å². The maximum absolute atomic E-state index is 12.0. The van der Waals surface area contributed by atoms with Crippen molar-refractivity contribution in [2.75, 3.05) is 5.32 Å². The first-order valence-electron chi connectivity index (χ1n) is 7.75. The number of nitrogens with one attached hydrogen (secondary N) is 2. The van der Waals surface area contributed by atoms with Crippen LogP contribution in [0.25, 0.3) is 0 Å². The van der Waals surface area contributed by atoms with Gasteiger partial charge in [-0.2, -0.15) is 0 Å². The van der Waals surface area contributed by atoms with Gasteiger partial charge in [-0.1, -0.05) is 18.2 Å². The van der Waals surface area contributed by atoms with Gasteiger partial charge in [-0.25, -0.2) is 0 Å². The molecule has 2 aromatic rings. The molecule has 6 nitrogen and oxygen atoms in total. The van der Waals surface area contributed by atoms with E-state index in [0.717, 1.165) is 5.56 Å². The summed E-state index contributed by atoms with van der Waals surface area (Å²) < 4.78 is 5.63. The van der Waals surface area contributed by atoms with E-state index in [1.165, 1.54) is 0 Å². The number of para-hydroxylation sites is 2. The highest BCUT2D eigenvalue weighted by Crippen LogP contribution is 2.24. The fourth-order valence-corrected chi connectivity index (χ4v) is 2.03. The highest BCUT2D eigenvalue weighted by atomic mass is 16.5. The molecule has 1 aromatic heterocycles. The summed E-state index contributed by atoms with van der Waals surface area (Å²) in [6.07, 6.45) is 3.07. The lowest BCUT2D eigenvalue weighted by atomic mass is 10.2. The van der Waals surface area contributed by atoms with Gasteiger partial charge in [-0.15, -0.1) is 0 Å². The number of rotatable bonds is 7. The van der Waals surface area contributed by atoms with E-state index >= 15 is 0 Å². The van der Waals surface area contributed by atoms with Gasteiger partial charge < -0.3 is 15.4 Å². The lowest BCUT2D eigenvalue weighted by molar-refractivity contribution is -0.126. The lowest BCUT2D eigenvalue weighted by Gasteiger charge is -2.14. The first kappa shape index (κ1) is 17.5. The number of amides is 2. The first-order valence-corrected chi connectivity index (χ1v) is 7.75. The molecule has 6 heteroatoms. The molecule has 0 aliphatic rings. The third-order valence-electron chi connectivity index (χ3n) is 3.06. The van der Waals surface area contributed by atoms with Crippen LogP contribution in [0.5, 0.6) is 5.75 Å². The van der Waals surface area contributed by atoms with Gasteiger partial charge in [-0.3, -0.25) is 14.6 Å². The molecule has 24 heavy (non-hydrogen) atoms. The standard InChI is InChI=1S/C18H21N3O3/c1-13(2)24-16-8-4-3-7-15(16)21-18(23)10-17(22)20-12-14-6-5-9-19-11-14/h3-9,11,13H,10,12H2,1-2H3,(H,20,22)(H,21,23). The number of hydrogen-bond acceptors (Lipinski definition) is 4. The van der Waals surface area contributed by atoms with Crippen LogP contribution in [0.1, 0.15) is 25.8 Å². The number of anilines is 1. The summed E-state index contributed by atoms with van der Waals surface area (Å²) >= 11 is 0. The fraction of sp³-hybridized carbons (Fsp3) is 0.278. The average molecular weight is 327 g/mol. The zero-order valence-electron chi connectivity index (χ0n) is 13.8. The SMILES string of the molecule is CC(C)Oc1ccccc1NC(=O)CC(=O)NCc1cccnc1. The van der Waals surface area contributed by atoms with Crippen LogP contribution in [0, 0.1) is 0 Å². The van der Waals surface area contributed by atoms with E-state index in [2.05, 4.69) is 15.6 Å². The van der Waals surface area contributed by atoms with Crippen LogP contribution < -0.4 is 15.4 Å². The van der Waals surface area contributed by atoms with E-state index in [0.29, 0.717) is 18.0 Å². The average Bonchev–Trinajstić information content (AvgIpc) is 2.55. The van der Waals surface area contributed by atoms with Crippen molar-refractivity contribution in [1.82, 2.24) is 10.3 Å². The number of pyridine rings is 1. The third-order valence-corrected chi connectivity index (χ3v) is 3.06. The van der Waals surface area contributed by atoms with Gasteiger partial charge in [0.15, 0.2) is 0 Å². The van der Waals surface area contributed by atoms with Gasteiger partial charge in [0.05, 0.1) is 11.8 Å². The molecule has 0 saturated carbocycles. The quantitative estimate of drug-likeness (QED) is 0.766. The molecule has 0 aliphatic carbocycles. The van der Waals surface area contributed by atoms with Crippen molar-refractivity contribution in [3.05, 3.63) is 54.4 Å². The molecule has 0 radical (unpaired) electrons. The molecule has 0 fully saturated rings. The second-order valence-electron chi connectivity index (χ2n) is 5.53. The molecule has 0 atom stereocenters. The summed E-state index contributed by atoms with van der Waals surface area (Å²) in [5.74, 6) is -0.159. The Labute approximate surface area is 141 Å². The molecule has 0 saturated heterocycles. The molecular weight excluding hydrogens is 306 g/mol. The Morgan fingerprint density at radius 3 is 2.62 bits per heavy atom. The Morgan fingerprint density at radius 1 is 1.12 bits per heavy atom. The maximum atomic E-state index is 12.0. The summed E-state index contributed by atoms with van der Waals surface area (Å²) in [6, 6.07) is 10.8. The minimum absolute atomic E-state index is 0.00849. The van der Waals surface area contributed by atoms with Gasteiger partial charge in [0, 0.05) is 18.9 Å². The van der Waals surface area contributed by atoms with Crippen molar-refractivity contribution in [2.45, 2.75) is 32.9 Å². The number of carbonyl (C=O) groups is 2. The minimum atomic E-state index is -0.390. The predicted molar refractivity (Wildman–Crippen MR) is 91.5 cm³/mol. The molecule has 2 amide bonds.